The first kappa shape index (κ1) is 20.4. The van der Waals surface area contributed by atoms with Gasteiger partial charge in [-0.2, -0.15) is 0 Å². The molecule has 1 saturated heterocycles. The highest BCUT2D eigenvalue weighted by molar-refractivity contribution is 5.95. The van der Waals surface area contributed by atoms with Gasteiger partial charge in [0.15, 0.2) is 0 Å². The highest BCUT2D eigenvalue weighted by Crippen LogP contribution is 2.24. The molecule has 0 radical (unpaired) electrons. The van der Waals surface area contributed by atoms with Gasteiger partial charge in [0, 0.05) is 11.5 Å². The van der Waals surface area contributed by atoms with Crippen molar-refractivity contribution in [1.82, 2.24) is 5.32 Å². The molecule has 1 fully saturated rings. The topological polar surface area (TPSA) is 114 Å². The lowest BCUT2D eigenvalue weighted by atomic mass is 9.91. The minimum Gasteiger partial charge on any atom is -0.491 e. The molecule has 29 heavy (non-hydrogen) atoms. The summed E-state index contributed by atoms with van der Waals surface area (Å²) in [5.74, 6) is -0.0467. The second-order valence-corrected chi connectivity index (χ2v) is 7.09. The standard InChI is InChI=1S/C22H25N3O4/c1-28-20(26)12-17-6-9-18(25-22(17)27)13-29-19-10-7-15(8-11-19)14-2-4-16(5-3-14)21(23)24/h2-5,7-8,10-11,17-18H,6,9,12-13H2,1H3,(H3,23,24)(H,25,27)/t17-,18-/m0/s1. The van der Waals surface area contributed by atoms with Crippen molar-refractivity contribution in [1.29, 1.82) is 5.41 Å². The molecule has 0 unspecified atom stereocenters. The average Bonchev–Trinajstić information content (AvgIpc) is 2.74. The van der Waals surface area contributed by atoms with E-state index >= 15 is 0 Å². The van der Waals surface area contributed by atoms with Crippen LogP contribution in [0, 0.1) is 11.3 Å². The van der Waals surface area contributed by atoms with Gasteiger partial charge in [0.1, 0.15) is 18.2 Å². The molecule has 2 aromatic rings. The molecule has 2 atom stereocenters. The molecule has 0 aromatic heterocycles. The summed E-state index contributed by atoms with van der Waals surface area (Å²) in [5.41, 5.74) is 8.23. The van der Waals surface area contributed by atoms with Gasteiger partial charge in [-0.1, -0.05) is 36.4 Å². The zero-order chi connectivity index (χ0) is 20.8. The predicted molar refractivity (Wildman–Crippen MR) is 110 cm³/mol. The smallest absolute Gasteiger partial charge is 0.306 e. The molecule has 1 heterocycles. The molecule has 0 spiro atoms. The van der Waals surface area contributed by atoms with Gasteiger partial charge in [0.2, 0.25) is 5.91 Å². The summed E-state index contributed by atoms with van der Waals surface area (Å²) in [6.07, 6.45) is 1.52. The Balaban J connectivity index is 1.51. The van der Waals surface area contributed by atoms with Crippen LogP contribution in [0.2, 0.25) is 0 Å². The van der Waals surface area contributed by atoms with Gasteiger partial charge in [-0.3, -0.25) is 15.0 Å². The van der Waals surface area contributed by atoms with Crippen molar-refractivity contribution in [2.75, 3.05) is 13.7 Å². The van der Waals surface area contributed by atoms with Gasteiger partial charge in [0.05, 0.1) is 19.6 Å². The summed E-state index contributed by atoms with van der Waals surface area (Å²) in [7, 11) is 1.33. The van der Waals surface area contributed by atoms with E-state index < -0.39 is 0 Å². The summed E-state index contributed by atoms with van der Waals surface area (Å²) >= 11 is 0. The number of hydrogen-bond acceptors (Lipinski definition) is 5. The second kappa shape index (κ2) is 9.23. The zero-order valence-electron chi connectivity index (χ0n) is 16.3. The average molecular weight is 395 g/mol. The Morgan fingerprint density at radius 2 is 1.72 bits per heavy atom. The molecule has 2 aromatic carbocycles. The van der Waals surface area contributed by atoms with Crippen LogP contribution in [0.25, 0.3) is 11.1 Å². The number of carbonyl (C=O) groups excluding carboxylic acids is 2. The van der Waals surface area contributed by atoms with Crippen molar-refractivity contribution >= 4 is 17.7 Å². The van der Waals surface area contributed by atoms with Crippen LogP contribution in [0.5, 0.6) is 5.75 Å². The number of rotatable bonds is 7. The largest absolute Gasteiger partial charge is 0.491 e. The minimum absolute atomic E-state index is 0.0479. The SMILES string of the molecule is COC(=O)C[C@@H]1CC[C@@H](COc2ccc(-c3ccc(C(=N)N)cc3)cc2)NC1=O. The van der Waals surface area contributed by atoms with Crippen molar-refractivity contribution in [2.24, 2.45) is 11.7 Å². The predicted octanol–water partition coefficient (Wildman–Crippen LogP) is 2.47. The van der Waals surface area contributed by atoms with Crippen LogP contribution >= 0.6 is 0 Å². The van der Waals surface area contributed by atoms with E-state index in [0.29, 0.717) is 18.6 Å². The van der Waals surface area contributed by atoms with E-state index in [1.165, 1.54) is 7.11 Å². The van der Waals surface area contributed by atoms with Crippen molar-refractivity contribution < 1.29 is 19.1 Å². The third-order valence-electron chi connectivity index (χ3n) is 5.06. The van der Waals surface area contributed by atoms with Gasteiger partial charge in [-0.25, -0.2) is 0 Å². The minimum atomic E-state index is -0.365. The number of esters is 1. The number of methoxy groups -OCH3 is 1. The lowest BCUT2D eigenvalue weighted by Crippen LogP contribution is -2.47. The summed E-state index contributed by atoms with van der Waals surface area (Å²) in [5, 5.41) is 10.4. The highest BCUT2D eigenvalue weighted by Gasteiger charge is 2.30. The number of ether oxygens (including phenoxy) is 2. The first-order valence-corrected chi connectivity index (χ1v) is 9.51. The molecule has 0 bridgehead atoms. The molecule has 1 aliphatic rings. The van der Waals surface area contributed by atoms with Crippen molar-refractivity contribution in [3.63, 3.8) is 0 Å². The van der Waals surface area contributed by atoms with E-state index in [9.17, 15) is 9.59 Å². The first-order chi connectivity index (χ1) is 14.0. The number of benzene rings is 2. The number of nitrogen functional groups attached to an aromatic ring is 1. The maximum absolute atomic E-state index is 12.1. The van der Waals surface area contributed by atoms with E-state index in [-0.39, 0.29) is 36.1 Å². The Hall–Kier alpha value is -3.35. The molecule has 0 aliphatic carbocycles. The van der Waals surface area contributed by atoms with Crippen LogP contribution in [0.1, 0.15) is 24.8 Å². The third-order valence-corrected chi connectivity index (χ3v) is 5.06. The highest BCUT2D eigenvalue weighted by atomic mass is 16.5. The van der Waals surface area contributed by atoms with Gasteiger partial charge in [-0.05, 0) is 36.1 Å². The molecule has 152 valence electrons. The summed E-state index contributed by atoms with van der Waals surface area (Å²) in [6, 6.07) is 15.1. The lowest BCUT2D eigenvalue weighted by Gasteiger charge is -2.28. The summed E-state index contributed by atoms with van der Waals surface area (Å²) < 4.78 is 10.5. The third kappa shape index (κ3) is 5.34. The van der Waals surface area contributed by atoms with Crippen LogP contribution in [-0.4, -0.2) is 37.5 Å². The van der Waals surface area contributed by atoms with Gasteiger partial charge < -0.3 is 20.5 Å². The van der Waals surface area contributed by atoms with Crippen LogP contribution in [0.4, 0.5) is 0 Å². The second-order valence-electron chi connectivity index (χ2n) is 7.09. The Morgan fingerprint density at radius 3 is 2.28 bits per heavy atom. The number of amidine groups is 1. The zero-order valence-corrected chi connectivity index (χ0v) is 16.3. The number of amides is 1. The molecule has 0 saturated carbocycles. The number of carbonyl (C=O) groups is 2. The first-order valence-electron chi connectivity index (χ1n) is 9.51. The fourth-order valence-electron chi connectivity index (χ4n) is 3.31. The fraction of sp³-hybridized carbons (Fsp3) is 0.318. The molecule has 1 amide bonds. The Labute approximate surface area is 169 Å². The molecule has 7 heteroatoms. The van der Waals surface area contributed by atoms with Crippen LogP contribution in [-0.2, 0) is 14.3 Å². The summed E-state index contributed by atoms with van der Waals surface area (Å²) in [6.45, 7) is 0.378. The van der Waals surface area contributed by atoms with Crippen molar-refractivity contribution in [3.05, 3.63) is 54.1 Å². The molecular formula is C22H25N3O4. The number of piperidine rings is 1. The van der Waals surface area contributed by atoms with Gasteiger partial charge in [0.25, 0.3) is 0 Å². The Bertz CT molecular complexity index is 878. The molecule has 4 N–H and O–H groups in total. The van der Waals surface area contributed by atoms with E-state index in [1.54, 1.807) is 0 Å². The molecular weight excluding hydrogens is 370 g/mol. The fourth-order valence-corrected chi connectivity index (χ4v) is 3.31. The van der Waals surface area contributed by atoms with E-state index in [1.807, 2.05) is 48.5 Å². The lowest BCUT2D eigenvalue weighted by molar-refractivity contribution is -0.145. The Kier molecular flexibility index (Phi) is 6.49. The quantitative estimate of drug-likeness (QED) is 0.378. The van der Waals surface area contributed by atoms with Crippen LogP contribution < -0.4 is 15.8 Å². The molecule has 7 nitrogen and oxygen atoms in total. The van der Waals surface area contributed by atoms with E-state index in [0.717, 1.165) is 23.3 Å². The molecule has 1 aliphatic heterocycles. The monoisotopic (exact) mass is 395 g/mol. The number of hydrogen-bond donors (Lipinski definition) is 3. The Morgan fingerprint density at radius 1 is 1.10 bits per heavy atom. The van der Waals surface area contributed by atoms with Crippen LogP contribution in [0.3, 0.4) is 0 Å². The maximum atomic E-state index is 12.1. The van der Waals surface area contributed by atoms with Crippen molar-refractivity contribution in [2.45, 2.75) is 25.3 Å². The van der Waals surface area contributed by atoms with Crippen LogP contribution in [0.15, 0.2) is 48.5 Å². The number of nitrogens with one attached hydrogen (secondary N) is 2. The van der Waals surface area contributed by atoms with Gasteiger partial charge in [-0.15, -0.1) is 0 Å². The van der Waals surface area contributed by atoms with E-state index in [2.05, 4.69) is 10.1 Å². The number of nitrogens with two attached hydrogens (primary N) is 1. The van der Waals surface area contributed by atoms with Gasteiger partial charge >= 0.3 is 5.97 Å². The van der Waals surface area contributed by atoms with E-state index in [4.69, 9.17) is 15.9 Å². The molecule has 3 rings (SSSR count). The summed E-state index contributed by atoms with van der Waals surface area (Å²) in [4.78, 5) is 23.5. The maximum Gasteiger partial charge on any atom is 0.306 e. The van der Waals surface area contributed by atoms with Crippen molar-refractivity contribution in [3.8, 4) is 16.9 Å². The normalized spacial score (nSPS) is 18.6.